The summed E-state index contributed by atoms with van der Waals surface area (Å²) in [6, 6.07) is 2.01. The van der Waals surface area contributed by atoms with Crippen molar-refractivity contribution in [2.45, 2.75) is 37.5 Å². The molecule has 86 valence electrons. The van der Waals surface area contributed by atoms with Gasteiger partial charge in [-0.15, -0.1) is 0 Å². The number of fused-ring (bicyclic) bond motifs is 2. The Morgan fingerprint density at radius 3 is 2.94 bits per heavy atom. The number of hydrogen-bond acceptors (Lipinski definition) is 5. The van der Waals surface area contributed by atoms with E-state index in [1.807, 2.05) is 0 Å². The highest BCUT2D eigenvalue weighted by molar-refractivity contribution is 6.29. The van der Waals surface area contributed by atoms with Crippen molar-refractivity contribution in [3.8, 4) is 0 Å². The maximum absolute atomic E-state index is 5.81. The maximum atomic E-state index is 5.81. The van der Waals surface area contributed by atoms with Crippen LogP contribution in [0.5, 0.6) is 0 Å². The standard InChI is InChI=1S/C10H13ClN4O/c11-8-4-9(15-10(12)14-8)13-6-3-5-1-2-7(6)16-5/h4-7H,1-3H2,(H3,12,13,14,15). The summed E-state index contributed by atoms with van der Waals surface area (Å²) >= 11 is 5.81. The summed E-state index contributed by atoms with van der Waals surface area (Å²) in [5.74, 6) is 0.873. The van der Waals surface area contributed by atoms with Crippen molar-refractivity contribution in [1.29, 1.82) is 0 Å². The van der Waals surface area contributed by atoms with Crippen LogP contribution in [0.2, 0.25) is 5.15 Å². The molecule has 3 atom stereocenters. The predicted molar refractivity (Wildman–Crippen MR) is 61.4 cm³/mol. The number of ether oxygens (including phenoxy) is 1. The van der Waals surface area contributed by atoms with Crippen molar-refractivity contribution in [1.82, 2.24) is 9.97 Å². The van der Waals surface area contributed by atoms with Gasteiger partial charge in [-0.05, 0) is 19.3 Å². The molecular weight excluding hydrogens is 228 g/mol. The Balaban J connectivity index is 1.74. The molecule has 0 aliphatic carbocycles. The molecule has 0 radical (unpaired) electrons. The van der Waals surface area contributed by atoms with Crippen LogP contribution in [0.25, 0.3) is 0 Å². The summed E-state index contributed by atoms with van der Waals surface area (Å²) in [7, 11) is 0. The fourth-order valence-corrected chi connectivity index (χ4v) is 2.68. The van der Waals surface area contributed by atoms with Crippen molar-refractivity contribution in [2.24, 2.45) is 0 Å². The van der Waals surface area contributed by atoms with Crippen LogP contribution >= 0.6 is 11.6 Å². The predicted octanol–water partition coefficient (Wildman–Crippen LogP) is 1.44. The molecule has 16 heavy (non-hydrogen) atoms. The third kappa shape index (κ3) is 1.81. The largest absolute Gasteiger partial charge is 0.373 e. The molecule has 2 fully saturated rings. The molecule has 2 saturated heterocycles. The first-order valence-corrected chi connectivity index (χ1v) is 5.80. The molecule has 1 aromatic rings. The highest BCUT2D eigenvalue weighted by atomic mass is 35.5. The number of nitrogens with zero attached hydrogens (tertiary/aromatic N) is 2. The molecular formula is C10H13ClN4O. The minimum atomic E-state index is 0.194. The summed E-state index contributed by atoms with van der Waals surface area (Å²) in [6.45, 7) is 0. The van der Waals surface area contributed by atoms with Gasteiger partial charge in [0.25, 0.3) is 0 Å². The lowest BCUT2D eigenvalue weighted by atomic mass is 9.95. The van der Waals surface area contributed by atoms with Gasteiger partial charge in [-0.2, -0.15) is 4.98 Å². The van der Waals surface area contributed by atoms with Gasteiger partial charge in [0.1, 0.15) is 11.0 Å². The van der Waals surface area contributed by atoms with Crippen molar-refractivity contribution >= 4 is 23.4 Å². The van der Waals surface area contributed by atoms with Crippen molar-refractivity contribution in [2.75, 3.05) is 11.1 Å². The first-order chi connectivity index (χ1) is 7.70. The summed E-state index contributed by atoms with van der Waals surface area (Å²) in [5, 5.41) is 3.67. The summed E-state index contributed by atoms with van der Waals surface area (Å²) in [6.07, 6.45) is 4.05. The van der Waals surface area contributed by atoms with E-state index >= 15 is 0 Å². The zero-order valence-electron chi connectivity index (χ0n) is 8.69. The molecule has 3 rings (SSSR count). The van der Waals surface area contributed by atoms with Gasteiger partial charge in [-0.3, -0.25) is 0 Å². The minimum Gasteiger partial charge on any atom is -0.373 e. The van der Waals surface area contributed by atoms with Crippen molar-refractivity contribution in [3.05, 3.63) is 11.2 Å². The van der Waals surface area contributed by atoms with Crippen LogP contribution in [0, 0.1) is 0 Å². The number of halogens is 1. The van der Waals surface area contributed by atoms with Crippen molar-refractivity contribution < 1.29 is 4.74 Å². The number of aromatic nitrogens is 2. The van der Waals surface area contributed by atoms with E-state index in [1.54, 1.807) is 6.07 Å². The fourth-order valence-electron chi connectivity index (χ4n) is 2.49. The zero-order chi connectivity index (χ0) is 11.1. The van der Waals surface area contributed by atoms with E-state index in [0.29, 0.717) is 29.2 Å². The Labute approximate surface area is 98.4 Å². The first-order valence-electron chi connectivity index (χ1n) is 5.43. The van der Waals surface area contributed by atoms with Gasteiger partial charge in [-0.1, -0.05) is 11.6 Å². The van der Waals surface area contributed by atoms with E-state index in [1.165, 1.54) is 6.42 Å². The highest BCUT2D eigenvalue weighted by Gasteiger charge is 2.40. The van der Waals surface area contributed by atoms with Crippen LogP contribution in [-0.4, -0.2) is 28.2 Å². The van der Waals surface area contributed by atoms with Crippen LogP contribution in [0.4, 0.5) is 11.8 Å². The average molecular weight is 241 g/mol. The third-order valence-corrected chi connectivity index (χ3v) is 3.35. The van der Waals surface area contributed by atoms with Crippen LogP contribution in [0.15, 0.2) is 6.07 Å². The molecule has 1 aromatic heterocycles. The van der Waals surface area contributed by atoms with Gasteiger partial charge < -0.3 is 15.8 Å². The van der Waals surface area contributed by atoms with Crippen LogP contribution in [0.3, 0.4) is 0 Å². The Bertz CT molecular complexity index is 394. The number of rotatable bonds is 2. The lowest BCUT2D eigenvalue weighted by Crippen LogP contribution is -2.30. The molecule has 2 aliphatic heterocycles. The first kappa shape index (κ1) is 10.1. The Kier molecular flexibility index (Phi) is 2.37. The lowest BCUT2D eigenvalue weighted by Gasteiger charge is -2.20. The SMILES string of the molecule is Nc1nc(Cl)cc(NC2CC3CCC2O3)n1. The smallest absolute Gasteiger partial charge is 0.223 e. The van der Waals surface area contributed by atoms with Gasteiger partial charge in [0, 0.05) is 6.07 Å². The van der Waals surface area contributed by atoms with E-state index in [-0.39, 0.29) is 5.95 Å². The lowest BCUT2D eigenvalue weighted by molar-refractivity contribution is 0.102. The highest BCUT2D eigenvalue weighted by Crippen LogP contribution is 2.35. The summed E-state index contributed by atoms with van der Waals surface area (Å²) < 4.78 is 5.75. The normalized spacial score (nSPS) is 31.9. The van der Waals surface area contributed by atoms with E-state index in [0.717, 1.165) is 12.8 Å². The Morgan fingerprint density at radius 2 is 2.31 bits per heavy atom. The molecule has 6 heteroatoms. The monoisotopic (exact) mass is 240 g/mol. The van der Waals surface area contributed by atoms with Crippen LogP contribution in [0.1, 0.15) is 19.3 Å². The average Bonchev–Trinajstić information content (AvgIpc) is 2.77. The molecule has 0 amide bonds. The van der Waals surface area contributed by atoms with E-state index in [2.05, 4.69) is 15.3 Å². The third-order valence-electron chi connectivity index (χ3n) is 3.15. The van der Waals surface area contributed by atoms with Gasteiger partial charge >= 0.3 is 0 Å². The molecule has 0 aromatic carbocycles. The molecule has 3 heterocycles. The van der Waals surface area contributed by atoms with Gasteiger partial charge in [-0.25, -0.2) is 4.98 Å². The topological polar surface area (TPSA) is 73.1 Å². The molecule has 5 nitrogen and oxygen atoms in total. The summed E-state index contributed by atoms with van der Waals surface area (Å²) in [4.78, 5) is 7.91. The molecule has 2 bridgehead atoms. The fraction of sp³-hybridized carbons (Fsp3) is 0.600. The van der Waals surface area contributed by atoms with E-state index in [4.69, 9.17) is 22.1 Å². The van der Waals surface area contributed by atoms with Crippen LogP contribution in [-0.2, 0) is 4.74 Å². The number of anilines is 2. The van der Waals surface area contributed by atoms with Gasteiger partial charge in [0.2, 0.25) is 5.95 Å². The Morgan fingerprint density at radius 1 is 1.44 bits per heavy atom. The zero-order valence-corrected chi connectivity index (χ0v) is 9.44. The molecule has 0 saturated carbocycles. The number of nitrogens with two attached hydrogens (primary N) is 1. The Hall–Kier alpha value is -1.07. The minimum absolute atomic E-state index is 0.194. The second-order valence-corrected chi connectivity index (χ2v) is 4.68. The van der Waals surface area contributed by atoms with Crippen LogP contribution < -0.4 is 11.1 Å². The second-order valence-electron chi connectivity index (χ2n) is 4.29. The molecule has 0 spiro atoms. The number of nitrogen functional groups attached to an aromatic ring is 1. The van der Waals surface area contributed by atoms with Crippen molar-refractivity contribution in [3.63, 3.8) is 0 Å². The summed E-state index contributed by atoms with van der Waals surface area (Å²) in [5.41, 5.74) is 5.53. The molecule has 2 aliphatic rings. The quantitative estimate of drug-likeness (QED) is 0.766. The van der Waals surface area contributed by atoms with E-state index in [9.17, 15) is 0 Å². The molecule has 3 N–H and O–H groups in total. The van der Waals surface area contributed by atoms with Gasteiger partial charge in [0.05, 0.1) is 18.2 Å². The van der Waals surface area contributed by atoms with Gasteiger partial charge in [0.15, 0.2) is 0 Å². The second kappa shape index (κ2) is 3.75. The maximum Gasteiger partial charge on any atom is 0.223 e. The number of nitrogens with one attached hydrogen (secondary N) is 1. The van der Waals surface area contributed by atoms with E-state index < -0.39 is 0 Å². The molecule has 3 unspecified atom stereocenters. The number of hydrogen-bond donors (Lipinski definition) is 2.